The number of hydrogen-bond acceptors (Lipinski definition) is 2. The molecule has 0 radical (unpaired) electrons. The molecule has 0 saturated heterocycles. The molecule has 1 saturated carbocycles. The SMILES string of the molecule is c1ccc(C2CC(NCCCn3ccnc3)C2)cc1. The molecule has 0 bridgehead atoms. The summed E-state index contributed by atoms with van der Waals surface area (Å²) in [6, 6.07) is 11.6. The fraction of sp³-hybridized carbons (Fsp3) is 0.438. The lowest BCUT2D eigenvalue weighted by molar-refractivity contribution is 0.289. The molecule has 1 fully saturated rings. The fourth-order valence-corrected chi connectivity index (χ4v) is 2.77. The molecule has 1 aromatic carbocycles. The van der Waals surface area contributed by atoms with Crippen molar-refractivity contribution in [3.63, 3.8) is 0 Å². The molecule has 3 rings (SSSR count). The third-order valence-corrected chi connectivity index (χ3v) is 3.99. The average molecular weight is 255 g/mol. The molecule has 2 aromatic rings. The van der Waals surface area contributed by atoms with Crippen molar-refractivity contribution in [3.8, 4) is 0 Å². The van der Waals surface area contributed by atoms with Gasteiger partial charge in [-0.15, -0.1) is 0 Å². The summed E-state index contributed by atoms with van der Waals surface area (Å²) in [5.74, 6) is 0.771. The number of nitrogens with zero attached hydrogens (tertiary/aromatic N) is 2. The molecule has 1 heterocycles. The van der Waals surface area contributed by atoms with E-state index in [1.54, 1.807) is 0 Å². The van der Waals surface area contributed by atoms with Crippen molar-refractivity contribution in [1.29, 1.82) is 0 Å². The molecule has 0 unspecified atom stereocenters. The Balaban J connectivity index is 1.32. The molecule has 3 heteroatoms. The van der Waals surface area contributed by atoms with E-state index in [1.165, 1.54) is 24.8 Å². The van der Waals surface area contributed by atoms with E-state index in [9.17, 15) is 0 Å². The van der Waals surface area contributed by atoms with Gasteiger partial charge in [0.15, 0.2) is 0 Å². The van der Waals surface area contributed by atoms with E-state index < -0.39 is 0 Å². The highest BCUT2D eigenvalue weighted by Crippen LogP contribution is 2.36. The Morgan fingerprint density at radius 1 is 1.21 bits per heavy atom. The van der Waals surface area contributed by atoms with E-state index in [1.807, 2.05) is 18.7 Å². The van der Waals surface area contributed by atoms with Crippen LogP contribution in [-0.4, -0.2) is 22.1 Å². The van der Waals surface area contributed by atoms with Gasteiger partial charge in [-0.1, -0.05) is 30.3 Å². The Bertz CT molecular complexity index is 472. The van der Waals surface area contributed by atoms with E-state index in [4.69, 9.17) is 0 Å². The summed E-state index contributed by atoms with van der Waals surface area (Å²) in [7, 11) is 0. The van der Waals surface area contributed by atoms with Crippen molar-refractivity contribution >= 4 is 0 Å². The molecule has 1 N–H and O–H groups in total. The van der Waals surface area contributed by atoms with Crippen LogP contribution in [-0.2, 0) is 6.54 Å². The van der Waals surface area contributed by atoms with E-state index in [2.05, 4.69) is 45.2 Å². The maximum Gasteiger partial charge on any atom is 0.0945 e. The van der Waals surface area contributed by atoms with Crippen molar-refractivity contribution in [2.24, 2.45) is 0 Å². The van der Waals surface area contributed by atoms with Gasteiger partial charge in [0.05, 0.1) is 6.33 Å². The minimum Gasteiger partial charge on any atom is -0.337 e. The van der Waals surface area contributed by atoms with Gasteiger partial charge in [0.1, 0.15) is 0 Å². The van der Waals surface area contributed by atoms with Crippen molar-refractivity contribution in [3.05, 3.63) is 54.6 Å². The van der Waals surface area contributed by atoms with E-state index in [-0.39, 0.29) is 0 Å². The quantitative estimate of drug-likeness (QED) is 0.804. The summed E-state index contributed by atoms with van der Waals surface area (Å²) in [6.45, 7) is 2.16. The van der Waals surface area contributed by atoms with Gasteiger partial charge >= 0.3 is 0 Å². The monoisotopic (exact) mass is 255 g/mol. The van der Waals surface area contributed by atoms with Gasteiger partial charge in [0, 0.05) is 25.0 Å². The summed E-state index contributed by atoms with van der Waals surface area (Å²) in [6.07, 6.45) is 9.49. The zero-order chi connectivity index (χ0) is 12.9. The maximum atomic E-state index is 4.05. The molecule has 0 aliphatic heterocycles. The topological polar surface area (TPSA) is 29.9 Å². The van der Waals surface area contributed by atoms with Crippen molar-refractivity contribution in [2.75, 3.05) is 6.54 Å². The van der Waals surface area contributed by atoms with Gasteiger partial charge in [-0.3, -0.25) is 0 Å². The molecule has 0 atom stereocenters. The number of nitrogens with one attached hydrogen (secondary N) is 1. The Morgan fingerprint density at radius 2 is 2.05 bits per heavy atom. The molecule has 1 aliphatic rings. The molecule has 1 aromatic heterocycles. The van der Waals surface area contributed by atoms with Crippen LogP contribution in [0, 0.1) is 0 Å². The standard InChI is InChI=1S/C16H21N3/c1-2-5-14(6-3-1)15-11-16(12-15)18-7-4-9-19-10-8-17-13-19/h1-3,5-6,8,10,13,15-16,18H,4,7,9,11-12H2. The Labute approximate surface area is 114 Å². The summed E-state index contributed by atoms with van der Waals surface area (Å²) in [5.41, 5.74) is 1.50. The first-order valence-electron chi connectivity index (χ1n) is 7.16. The normalized spacial score (nSPS) is 22.1. The summed E-state index contributed by atoms with van der Waals surface area (Å²) < 4.78 is 2.13. The van der Waals surface area contributed by atoms with Gasteiger partial charge in [-0.2, -0.15) is 0 Å². The zero-order valence-electron chi connectivity index (χ0n) is 11.2. The molecular weight excluding hydrogens is 234 g/mol. The summed E-state index contributed by atoms with van der Waals surface area (Å²) in [4.78, 5) is 4.05. The third kappa shape index (κ3) is 3.24. The second kappa shape index (κ2) is 6.02. The van der Waals surface area contributed by atoms with Crippen LogP contribution in [0.4, 0.5) is 0 Å². The van der Waals surface area contributed by atoms with Crippen molar-refractivity contribution in [1.82, 2.24) is 14.9 Å². The largest absolute Gasteiger partial charge is 0.337 e. The van der Waals surface area contributed by atoms with Crippen LogP contribution in [0.25, 0.3) is 0 Å². The summed E-state index contributed by atoms with van der Waals surface area (Å²) in [5, 5.41) is 3.65. The lowest BCUT2D eigenvalue weighted by Gasteiger charge is -2.36. The molecule has 0 spiro atoms. The molecule has 1 aliphatic carbocycles. The first-order chi connectivity index (χ1) is 9.42. The van der Waals surface area contributed by atoms with Crippen LogP contribution < -0.4 is 5.32 Å². The van der Waals surface area contributed by atoms with E-state index in [0.29, 0.717) is 6.04 Å². The van der Waals surface area contributed by atoms with Crippen LogP contribution >= 0.6 is 0 Å². The Morgan fingerprint density at radius 3 is 2.79 bits per heavy atom. The second-order valence-electron chi connectivity index (χ2n) is 5.38. The van der Waals surface area contributed by atoms with E-state index in [0.717, 1.165) is 19.0 Å². The van der Waals surface area contributed by atoms with E-state index >= 15 is 0 Å². The zero-order valence-corrected chi connectivity index (χ0v) is 11.2. The minimum absolute atomic E-state index is 0.716. The lowest BCUT2D eigenvalue weighted by atomic mass is 9.76. The number of aromatic nitrogens is 2. The number of rotatable bonds is 6. The highest BCUT2D eigenvalue weighted by Gasteiger charge is 2.29. The second-order valence-corrected chi connectivity index (χ2v) is 5.38. The average Bonchev–Trinajstić information content (AvgIpc) is 2.90. The maximum absolute atomic E-state index is 4.05. The van der Waals surface area contributed by atoms with Gasteiger partial charge in [0.2, 0.25) is 0 Å². The Kier molecular flexibility index (Phi) is 3.94. The van der Waals surface area contributed by atoms with Gasteiger partial charge in [0.25, 0.3) is 0 Å². The van der Waals surface area contributed by atoms with Crippen LogP contribution in [0.15, 0.2) is 49.1 Å². The summed E-state index contributed by atoms with van der Waals surface area (Å²) >= 11 is 0. The van der Waals surface area contributed by atoms with Crippen molar-refractivity contribution in [2.45, 2.75) is 37.8 Å². The molecule has 0 amide bonds. The highest BCUT2D eigenvalue weighted by molar-refractivity contribution is 5.22. The van der Waals surface area contributed by atoms with Gasteiger partial charge < -0.3 is 9.88 Å². The highest BCUT2D eigenvalue weighted by atomic mass is 15.0. The van der Waals surface area contributed by atoms with Crippen LogP contribution in [0.3, 0.4) is 0 Å². The molecule has 19 heavy (non-hydrogen) atoms. The first-order valence-corrected chi connectivity index (χ1v) is 7.16. The van der Waals surface area contributed by atoms with Gasteiger partial charge in [-0.05, 0) is 37.3 Å². The minimum atomic E-state index is 0.716. The number of imidazole rings is 1. The predicted molar refractivity (Wildman–Crippen MR) is 77.1 cm³/mol. The van der Waals surface area contributed by atoms with Crippen LogP contribution in [0.5, 0.6) is 0 Å². The lowest BCUT2D eigenvalue weighted by Crippen LogP contribution is -2.40. The predicted octanol–water partition coefficient (Wildman–Crippen LogP) is 2.81. The van der Waals surface area contributed by atoms with Gasteiger partial charge in [-0.25, -0.2) is 4.98 Å². The van der Waals surface area contributed by atoms with Crippen molar-refractivity contribution < 1.29 is 0 Å². The smallest absolute Gasteiger partial charge is 0.0945 e. The molecule has 100 valence electrons. The number of benzene rings is 1. The number of aryl methyl sites for hydroxylation is 1. The Hall–Kier alpha value is -1.61. The van der Waals surface area contributed by atoms with Crippen LogP contribution in [0.2, 0.25) is 0 Å². The fourth-order valence-electron chi connectivity index (χ4n) is 2.77. The molecular formula is C16H21N3. The first kappa shape index (κ1) is 12.4. The van der Waals surface area contributed by atoms with Crippen LogP contribution in [0.1, 0.15) is 30.7 Å². The third-order valence-electron chi connectivity index (χ3n) is 3.99. The molecule has 3 nitrogen and oxygen atoms in total. The number of hydrogen-bond donors (Lipinski definition) is 1.